The van der Waals surface area contributed by atoms with Gasteiger partial charge in [0.2, 0.25) is 0 Å². The number of anilines is 3. The minimum atomic E-state index is 1.09. The van der Waals surface area contributed by atoms with Gasteiger partial charge in [0.1, 0.15) is 0 Å². The van der Waals surface area contributed by atoms with Crippen molar-refractivity contribution in [3.05, 3.63) is 237 Å². The second kappa shape index (κ2) is 14.4. The predicted octanol–water partition coefficient (Wildman–Crippen LogP) is 16.9. The quantitative estimate of drug-likeness (QED) is 0.157. The Morgan fingerprint density at radius 3 is 1.13 bits per heavy atom. The molecular formula is C60H39N. The Kier molecular flexibility index (Phi) is 8.25. The van der Waals surface area contributed by atoms with Crippen LogP contribution in [0.4, 0.5) is 17.1 Å². The van der Waals surface area contributed by atoms with E-state index in [1.165, 1.54) is 93.5 Å². The van der Waals surface area contributed by atoms with E-state index in [-0.39, 0.29) is 0 Å². The van der Waals surface area contributed by atoms with Crippen LogP contribution in [0, 0.1) is 0 Å². The molecule has 0 atom stereocenters. The van der Waals surface area contributed by atoms with Crippen molar-refractivity contribution in [2.45, 2.75) is 0 Å². The van der Waals surface area contributed by atoms with Crippen LogP contribution in [-0.4, -0.2) is 0 Å². The highest BCUT2D eigenvalue weighted by atomic mass is 15.1. The van der Waals surface area contributed by atoms with Crippen LogP contribution in [0.15, 0.2) is 237 Å². The maximum Gasteiger partial charge on any atom is 0.0540 e. The van der Waals surface area contributed by atoms with E-state index < -0.39 is 0 Å². The molecule has 0 N–H and O–H groups in total. The molecule has 1 aliphatic carbocycles. The lowest BCUT2D eigenvalue weighted by Gasteiger charge is -2.30. The standard InChI is InChI=1S/C60H39N/c1-3-17-40(18-4-1)42-31-36-60(57(37-42)41-19-5-2-6-20-41)61(44-33-35-56-52-28-12-10-24-48(52)50-26-14-16-30-54(50)59(56)39-44)43-32-34-55-51-27-11-9-23-47(51)45-21-7-8-22-46(45)49-25-13-15-29-53(49)58(55)38-43/h1-39H. The molecule has 0 amide bonds. The number of nitrogens with zero attached hydrogens (tertiary/aromatic N) is 1. The average Bonchev–Trinajstić information content (AvgIpc) is 3.34. The normalized spacial score (nSPS) is 11.6. The first-order valence-corrected chi connectivity index (χ1v) is 21.1. The van der Waals surface area contributed by atoms with Crippen molar-refractivity contribution in [2.24, 2.45) is 0 Å². The molecule has 0 fully saturated rings. The van der Waals surface area contributed by atoms with E-state index in [0.29, 0.717) is 0 Å². The zero-order valence-electron chi connectivity index (χ0n) is 33.5. The van der Waals surface area contributed by atoms with Crippen molar-refractivity contribution < 1.29 is 0 Å². The highest BCUT2D eigenvalue weighted by molar-refractivity contribution is 6.26. The van der Waals surface area contributed by atoms with Gasteiger partial charge in [0, 0.05) is 16.9 Å². The van der Waals surface area contributed by atoms with Crippen LogP contribution in [-0.2, 0) is 0 Å². The van der Waals surface area contributed by atoms with E-state index in [0.717, 1.165) is 22.6 Å². The summed E-state index contributed by atoms with van der Waals surface area (Å²) in [6.07, 6.45) is 0. The third-order valence-electron chi connectivity index (χ3n) is 12.6. The molecule has 61 heavy (non-hydrogen) atoms. The van der Waals surface area contributed by atoms with Crippen LogP contribution in [0.1, 0.15) is 0 Å². The van der Waals surface area contributed by atoms with E-state index in [9.17, 15) is 0 Å². The third kappa shape index (κ3) is 5.78. The summed E-state index contributed by atoms with van der Waals surface area (Å²) in [7, 11) is 0. The van der Waals surface area contributed by atoms with Crippen LogP contribution >= 0.6 is 0 Å². The summed E-state index contributed by atoms with van der Waals surface area (Å²) in [4.78, 5) is 2.49. The van der Waals surface area contributed by atoms with E-state index in [1.807, 2.05) is 0 Å². The molecule has 1 nitrogen and oxygen atoms in total. The molecular weight excluding hydrogens is 735 g/mol. The van der Waals surface area contributed by atoms with Gasteiger partial charge in [0.15, 0.2) is 0 Å². The first-order valence-electron chi connectivity index (χ1n) is 21.1. The topological polar surface area (TPSA) is 3.24 Å². The van der Waals surface area contributed by atoms with Crippen LogP contribution in [0.5, 0.6) is 0 Å². The molecule has 12 rings (SSSR count). The molecule has 1 aliphatic rings. The second-order valence-corrected chi connectivity index (χ2v) is 16.0. The smallest absolute Gasteiger partial charge is 0.0540 e. The predicted molar refractivity (Wildman–Crippen MR) is 260 cm³/mol. The summed E-state index contributed by atoms with van der Waals surface area (Å²) in [6, 6.07) is 87.1. The van der Waals surface area contributed by atoms with E-state index >= 15 is 0 Å². The SMILES string of the molecule is c1ccc(-c2ccc(N(c3ccc4c(c3)-c3ccccc3-c3ccccc3-c3ccccc3-4)c3ccc4c5ccccc5c5ccccc5c4c3)c(-c3ccccc3)c2)cc1. The van der Waals surface area contributed by atoms with Crippen molar-refractivity contribution >= 4 is 49.4 Å². The van der Waals surface area contributed by atoms with Crippen molar-refractivity contribution in [1.29, 1.82) is 0 Å². The van der Waals surface area contributed by atoms with Gasteiger partial charge in [-0.3, -0.25) is 0 Å². The summed E-state index contributed by atoms with van der Waals surface area (Å²) < 4.78 is 0. The van der Waals surface area contributed by atoms with E-state index in [4.69, 9.17) is 0 Å². The monoisotopic (exact) mass is 773 g/mol. The van der Waals surface area contributed by atoms with Crippen molar-refractivity contribution in [3.63, 3.8) is 0 Å². The fourth-order valence-electron chi connectivity index (χ4n) is 9.84. The fraction of sp³-hybridized carbons (Fsp3) is 0. The van der Waals surface area contributed by atoms with Crippen LogP contribution in [0.25, 0.3) is 99.1 Å². The molecule has 0 heterocycles. The van der Waals surface area contributed by atoms with Gasteiger partial charge in [0.25, 0.3) is 0 Å². The lowest BCUT2D eigenvalue weighted by molar-refractivity contribution is 1.29. The summed E-state index contributed by atoms with van der Waals surface area (Å²) in [6.45, 7) is 0. The molecule has 0 bridgehead atoms. The van der Waals surface area contributed by atoms with E-state index in [2.05, 4.69) is 241 Å². The number of rotatable bonds is 5. The molecule has 0 aromatic heterocycles. The number of hydrogen-bond acceptors (Lipinski definition) is 1. The molecule has 284 valence electrons. The Morgan fingerprint density at radius 2 is 0.590 bits per heavy atom. The molecule has 0 spiro atoms. The Balaban J connectivity index is 1.17. The highest BCUT2D eigenvalue weighted by Crippen LogP contribution is 2.51. The first kappa shape index (κ1) is 35.0. The number of benzene rings is 11. The maximum absolute atomic E-state index is 2.49. The highest BCUT2D eigenvalue weighted by Gasteiger charge is 2.25. The van der Waals surface area contributed by atoms with Crippen molar-refractivity contribution in [3.8, 4) is 66.8 Å². The number of hydrogen-bond donors (Lipinski definition) is 0. The molecule has 0 aliphatic heterocycles. The van der Waals surface area contributed by atoms with Gasteiger partial charge in [-0.15, -0.1) is 0 Å². The van der Waals surface area contributed by atoms with Gasteiger partial charge in [-0.05, 0) is 130 Å². The number of fused-ring (bicyclic) bond motifs is 14. The fourth-order valence-corrected chi connectivity index (χ4v) is 9.84. The molecule has 0 unspecified atom stereocenters. The Labute approximate surface area is 356 Å². The summed E-state index contributed by atoms with van der Waals surface area (Å²) in [5.41, 5.74) is 17.9. The zero-order chi connectivity index (χ0) is 40.3. The largest absolute Gasteiger partial charge is 0.310 e. The van der Waals surface area contributed by atoms with Crippen LogP contribution in [0.3, 0.4) is 0 Å². The van der Waals surface area contributed by atoms with Gasteiger partial charge < -0.3 is 4.90 Å². The second-order valence-electron chi connectivity index (χ2n) is 16.0. The summed E-state index contributed by atoms with van der Waals surface area (Å²) in [5, 5.41) is 7.55. The molecule has 1 heteroatoms. The minimum absolute atomic E-state index is 1.09. The minimum Gasteiger partial charge on any atom is -0.310 e. The van der Waals surface area contributed by atoms with Crippen LogP contribution < -0.4 is 4.90 Å². The Bertz CT molecular complexity index is 3430. The zero-order valence-corrected chi connectivity index (χ0v) is 33.5. The average molecular weight is 774 g/mol. The lowest BCUT2D eigenvalue weighted by Crippen LogP contribution is -2.12. The molecule has 11 aromatic carbocycles. The Hall–Kier alpha value is -8.00. The van der Waals surface area contributed by atoms with Gasteiger partial charge in [-0.1, -0.05) is 200 Å². The summed E-state index contributed by atoms with van der Waals surface area (Å²) in [5.74, 6) is 0. The van der Waals surface area contributed by atoms with Gasteiger partial charge >= 0.3 is 0 Å². The van der Waals surface area contributed by atoms with Gasteiger partial charge in [0.05, 0.1) is 5.69 Å². The van der Waals surface area contributed by atoms with E-state index in [1.54, 1.807) is 0 Å². The lowest BCUT2D eigenvalue weighted by atomic mass is 9.81. The maximum atomic E-state index is 2.49. The molecule has 0 saturated heterocycles. The Morgan fingerprint density at radius 1 is 0.197 bits per heavy atom. The third-order valence-corrected chi connectivity index (χ3v) is 12.6. The molecule has 0 radical (unpaired) electrons. The first-order chi connectivity index (χ1) is 30.3. The molecule has 0 saturated carbocycles. The van der Waals surface area contributed by atoms with Crippen molar-refractivity contribution in [1.82, 2.24) is 0 Å². The van der Waals surface area contributed by atoms with Crippen molar-refractivity contribution in [2.75, 3.05) is 4.90 Å². The van der Waals surface area contributed by atoms with Gasteiger partial charge in [-0.2, -0.15) is 0 Å². The molecule has 11 aromatic rings. The summed E-state index contributed by atoms with van der Waals surface area (Å²) >= 11 is 0. The van der Waals surface area contributed by atoms with Crippen LogP contribution in [0.2, 0.25) is 0 Å². The van der Waals surface area contributed by atoms with Gasteiger partial charge in [-0.25, -0.2) is 0 Å².